The molecule has 1 aromatic carbocycles. The molecule has 0 aliphatic rings. The molecule has 3 N–H and O–H groups in total. The number of nitrogen functional groups attached to an aromatic ring is 1. The predicted octanol–water partition coefficient (Wildman–Crippen LogP) is 1.88. The summed E-state index contributed by atoms with van der Waals surface area (Å²) >= 11 is 6.89. The molecule has 0 bridgehead atoms. The highest BCUT2D eigenvalue weighted by Gasteiger charge is 2.19. The van der Waals surface area contributed by atoms with Crippen molar-refractivity contribution in [2.75, 3.05) is 10.5 Å². The average Bonchev–Trinajstić information content (AvgIpc) is 2.66. The number of hydrogen-bond acceptors (Lipinski definition) is 6. The third-order valence-corrected chi connectivity index (χ3v) is 4.53. The van der Waals surface area contributed by atoms with Crippen molar-refractivity contribution in [3.63, 3.8) is 0 Å². The van der Waals surface area contributed by atoms with Gasteiger partial charge >= 0.3 is 0 Å². The smallest absolute Gasteiger partial charge is 0.265 e. The quantitative estimate of drug-likeness (QED) is 0.844. The van der Waals surface area contributed by atoms with Crippen molar-refractivity contribution in [3.05, 3.63) is 28.2 Å². The van der Waals surface area contributed by atoms with Crippen LogP contribution in [0.4, 0.5) is 10.8 Å². The zero-order valence-electron chi connectivity index (χ0n) is 9.21. The van der Waals surface area contributed by atoms with Gasteiger partial charge in [0.15, 0.2) is 0 Å². The zero-order chi connectivity index (χ0) is 13.3. The third kappa shape index (κ3) is 2.71. The van der Waals surface area contributed by atoms with E-state index in [0.29, 0.717) is 5.01 Å². The number of nitrogens with two attached hydrogens (primary N) is 1. The van der Waals surface area contributed by atoms with Gasteiger partial charge in [-0.05, 0) is 25.1 Å². The first-order chi connectivity index (χ1) is 8.38. The van der Waals surface area contributed by atoms with Crippen LogP contribution in [0.5, 0.6) is 0 Å². The Morgan fingerprint density at radius 3 is 2.72 bits per heavy atom. The monoisotopic (exact) mass is 304 g/mol. The van der Waals surface area contributed by atoms with E-state index in [1.54, 1.807) is 6.92 Å². The van der Waals surface area contributed by atoms with Gasteiger partial charge in [-0.15, -0.1) is 10.2 Å². The van der Waals surface area contributed by atoms with Gasteiger partial charge in [0.05, 0.1) is 5.69 Å². The molecule has 2 aromatic rings. The fourth-order valence-electron chi connectivity index (χ4n) is 1.25. The van der Waals surface area contributed by atoms with E-state index >= 15 is 0 Å². The molecule has 18 heavy (non-hydrogen) atoms. The first-order valence-electron chi connectivity index (χ1n) is 4.76. The molecule has 0 aliphatic heterocycles. The highest BCUT2D eigenvalue weighted by Crippen LogP contribution is 2.25. The third-order valence-electron chi connectivity index (χ3n) is 2.01. The van der Waals surface area contributed by atoms with Crippen molar-refractivity contribution in [2.45, 2.75) is 11.8 Å². The van der Waals surface area contributed by atoms with Crippen molar-refractivity contribution >= 4 is 43.8 Å². The van der Waals surface area contributed by atoms with Gasteiger partial charge in [-0.1, -0.05) is 22.9 Å². The Hall–Kier alpha value is -1.38. The summed E-state index contributed by atoms with van der Waals surface area (Å²) in [6, 6.07) is 4.24. The SMILES string of the molecule is Cc1nnc(NS(=O)(=O)c2cc(Cl)ccc2N)s1. The molecule has 0 atom stereocenters. The van der Waals surface area contributed by atoms with Crippen LogP contribution < -0.4 is 10.5 Å². The maximum Gasteiger partial charge on any atom is 0.265 e. The minimum atomic E-state index is -3.80. The summed E-state index contributed by atoms with van der Waals surface area (Å²) in [5, 5.41) is 8.54. The second kappa shape index (κ2) is 4.71. The fraction of sp³-hybridized carbons (Fsp3) is 0.111. The van der Waals surface area contributed by atoms with Gasteiger partial charge in [0.2, 0.25) is 5.13 Å². The highest BCUT2D eigenvalue weighted by molar-refractivity contribution is 7.93. The summed E-state index contributed by atoms with van der Waals surface area (Å²) in [6.07, 6.45) is 0. The molecule has 0 radical (unpaired) electrons. The fourth-order valence-corrected chi connectivity index (χ4v) is 3.47. The molecule has 1 aromatic heterocycles. The second-order valence-corrected chi connectivity index (χ2v) is 6.68. The van der Waals surface area contributed by atoms with Crippen LogP contribution >= 0.6 is 22.9 Å². The summed E-state index contributed by atoms with van der Waals surface area (Å²) in [5.41, 5.74) is 5.74. The first-order valence-corrected chi connectivity index (χ1v) is 7.44. The number of hydrogen-bond donors (Lipinski definition) is 2. The van der Waals surface area contributed by atoms with Gasteiger partial charge in [-0.25, -0.2) is 8.42 Å². The molecule has 9 heteroatoms. The number of halogens is 1. The number of nitrogens with zero attached hydrogens (tertiary/aromatic N) is 2. The number of sulfonamides is 1. The lowest BCUT2D eigenvalue weighted by Gasteiger charge is -2.07. The van der Waals surface area contributed by atoms with Crippen LogP contribution in [0.15, 0.2) is 23.1 Å². The van der Waals surface area contributed by atoms with Crippen LogP contribution in [-0.4, -0.2) is 18.6 Å². The lowest BCUT2D eigenvalue weighted by atomic mass is 10.3. The van der Waals surface area contributed by atoms with E-state index in [9.17, 15) is 8.42 Å². The Morgan fingerprint density at radius 2 is 2.11 bits per heavy atom. The number of aryl methyl sites for hydroxylation is 1. The summed E-state index contributed by atoms with van der Waals surface area (Å²) in [4.78, 5) is -0.0807. The van der Waals surface area contributed by atoms with E-state index in [1.165, 1.54) is 18.2 Å². The molecular weight excluding hydrogens is 296 g/mol. The molecule has 96 valence electrons. The number of rotatable bonds is 3. The minimum absolute atomic E-state index is 0.0807. The summed E-state index contributed by atoms with van der Waals surface area (Å²) < 4.78 is 26.4. The molecule has 0 amide bonds. The van der Waals surface area contributed by atoms with Gasteiger partial charge in [-0.3, -0.25) is 4.72 Å². The Bertz CT molecular complexity index is 684. The molecule has 2 rings (SSSR count). The molecule has 0 saturated carbocycles. The summed E-state index contributed by atoms with van der Waals surface area (Å²) in [5.74, 6) is 0. The summed E-state index contributed by atoms with van der Waals surface area (Å²) in [7, 11) is -3.80. The van der Waals surface area contributed by atoms with Gasteiger partial charge < -0.3 is 5.73 Å². The Kier molecular flexibility index (Phi) is 3.42. The predicted molar refractivity (Wildman–Crippen MR) is 71.3 cm³/mol. The van der Waals surface area contributed by atoms with E-state index in [-0.39, 0.29) is 20.7 Å². The first kappa shape index (κ1) is 13.1. The van der Waals surface area contributed by atoms with Gasteiger partial charge in [0.25, 0.3) is 10.0 Å². The highest BCUT2D eigenvalue weighted by atomic mass is 35.5. The average molecular weight is 305 g/mol. The Labute approximate surface area is 113 Å². The standard InChI is InChI=1S/C9H9ClN4O2S2/c1-5-12-13-9(17-5)14-18(15,16)8-4-6(10)2-3-7(8)11/h2-4H,11H2,1H3,(H,13,14). The normalized spacial score (nSPS) is 11.4. The minimum Gasteiger partial charge on any atom is -0.398 e. The molecule has 0 unspecified atom stereocenters. The van der Waals surface area contributed by atoms with E-state index in [4.69, 9.17) is 17.3 Å². The molecule has 6 nitrogen and oxygen atoms in total. The van der Waals surface area contributed by atoms with Gasteiger partial charge in [0, 0.05) is 5.02 Å². The van der Waals surface area contributed by atoms with Crippen LogP contribution in [-0.2, 0) is 10.0 Å². The van der Waals surface area contributed by atoms with E-state index < -0.39 is 10.0 Å². The second-order valence-electron chi connectivity index (χ2n) is 3.41. The zero-order valence-corrected chi connectivity index (χ0v) is 11.6. The van der Waals surface area contributed by atoms with Crippen molar-refractivity contribution in [1.29, 1.82) is 0 Å². The number of aromatic nitrogens is 2. The van der Waals surface area contributed by atoms with E-state index in [2.05, 4.69) is 14.9 Å². The molecule has 1 heterocycles. The molecule has 0 fully saturated rings. The van der Waals surface area contributed by atoms with Gasteiger partial charge in [0.1, 0.15) is 9.90 Å². The lowest BCUT2D eigenvalue weighted by Crippen LogP contribution is -2.14. The van der Waals surface area contributed by atoms with Crippen LogP contribution in [0.2, 0.25) is 5.02 Å². The molecule has 0 saturated heterocycles. The topological polar surface area (TPSA) is 98.0 Å². The summed E-state index contributed by atoms with van der Waals surface area (Å²) in [6.45, 7) is 1.73. The van der Waals surface area contributed by atoms with Crippen LogP contribution in [0, 0.1) is 6.92 Å². The van der Waals surface area contributed by atoms with Crippen LogP contribution in [0.1, 0.15) is 5.01 Å². The number of benzene rings is 1. The maximum atomic E-state index is 12.1. The van der Waals surface area contributed by atoms with E-state index in [0.717, 1.165) is 11.3 Å². The molecule has 0 spiro atoms. The molecular formula is C9H9ClN4O2S2. The van der Waals surface area contributed by atoms with E-state index in [1.807, 2.05) is 0 Å². The van der Waals surface area contributed by atoms with Crippen molar-refractivity contribution in [2.24, 2.45) is 0 Å². The Balaban J connectivity index is 2.39. The van der Waals surface area contributed by atoms with Crippen LogP contribution in [0.3, 0.4) is 0 Å². The van der Waals surface area contributed by atoms with Crippen molar-refractivity contribution in [1.82, 2.24) is 10.2 Å². The largest absolute Gasteiger partial charge is 0.398 e. The van der Waals surface area contributed by atoms with Crippen LogP contribution in [0.25, 0.3) is 0 Å². The number of anilines is 2. The lowest BCUT2D eigenvalue weighted by molar-refractivity contribution is 0.601. The Morgan fingerprint density at radius 1 is 1.39 bits per heavy atom. The van der Waals surface area contributed by atoms with Crippen molar-refractivity contribution in [3.8, 4) is 0 Å². The van der Waals surface area contributed by atoms with Gasteiger partial charge in [-0.2, -0.15) is 0 Å². The molecule has 0 aliphatic carbocycles. The van der Waals surface area contributed by atoms with Crippen molar-refractivity contribution < 1.29 is 8.42 Å². The maximum absolute atomic E-state index is 12.1. The number of nitrogens with one attached hydrogen (secondary N) is 1.